The lowest BCUT2D eigenvalue weighted by Crippen LogP contribution is -2.49. The smallest absolute Gasteiger partial charge is 0.0828 e. The molecule has 20 heavy (non-hydrogen) atoms. The van der Waals surface area contributed by atoms with Crippen LogP contribution >= 0.6 is 0 Å². The molecule has 120 valence electrons. The van der Waals surface area contributed by atoms with Gasteiger partial charge in [0.25, 0.3) is 0 Å². The number of hydrogen-bond acceptors (Lipinski definition) is 3. The van der Waals surface area contributed by atoms with Crippen LogP contribution in [0.25, 0.3) is 0 Å². The molecule has 0 aliphatic carbocycles. The molecule has 0 spiro atoms. The fraction of sp³-hybridized carbons (Fsp3) is 1.00. The summed E-state index contributed by atoms with van der Waals surface area (Å²) >= 11 is 0. The zero-order valence-electron chi connectivity index (χ0n) is 14.2. The van der Waals surface area contributed by atoms with E-state index in [2.05, 4.69) is 23.8 Å². The maximum Gasteiger partial charge on any atom is 0.0828 e. The van der Waals surface area contributed by atoms with E-state index in [1.807, 2.05) is 13.8 Å². The molecule has 0 bridgehead atoms. The van der Waals surface area contributed by atoms with E-state index in [0.717, 1.165) is 25.6 Å². The van der Waals surface area contributed by atoms with Gasteiger partial charge in [0.1, 0.15) is 0 Å². The summed E-state index contributed by atoms with van der Waals surface area (Å²) in [4.78, 5) is 4.94. The Morgan fingerprint density at radius 3 is 2.30 bits per heavy atom. The number of rotatable bonds is 7. The molecule has 2 fully saturated rings. The van der Waals surface area contributed by atoms with E-state index in [0.29, 0.717) is 6.10 Å². The Bertz CT molecular complexity index is 221. The van der Waals surface area contributed by atoms with Gasteiger partial charge >= 0.3 is 0 Å². The van der Waals surface area contributed by atoms with Gasteiger partial charge in [-0.05, 0) is 64.7 Å². The number of piperidine rings is 1. The van der Waals surface area contributed by atoms with E-state index in [1.54, 1.807) is 0 Å². The van der Waals surface area contributed by atoms with Gasteiger partial charge in [-0.3, -0.25) is 0 Å². The minimum atomic E-state index is 0.529. The van der Waals surface area contributed by atoms with Gasteiger partial charge < -0.3 is 14.5 Å². The van der Waals surface area contributed by atoms with Gasteiger partial charge in [-0.2, -0.15) is 0 Å². The molecule has 2 aliphatic rings. The van der Waals surface area contributed by atoms with Crippen LogP contribution in [0.4, 0.5) is 0 Å². The Balaban J connectivity index is 0.000000956. The average Bonchev–Trinajstić information content (AvgIpc) is 2.45. The second kappa shape index (κ2) is 10.6. The van der Waals surface area contributed by atoms with Crippen LogP contribution in [-0.2, 0) is 4.74 Å². The Morgan fingerprint density at radius 2 is 1.75 bits per heavy atom. The Labute approximate surface area is 126 Å². The predicted octanol–water partition coefficient (Wildman–Crippen LogP) is 3.25. The highest BCUT2D eigenvalue weighted by atomic mass is 16.5. The SMILES string of the molecule is CC.CCCN1CCC(CCCOC2CN(C)C2)CC1. The number of likely N-dealkylation sites (N-methyl/N-ethyl adjacent to an activating group) is 1. The highest BCUT2D eigenvalue weighted by Gasteiger charge is 2.23. The summed E-state index contributed by atoms with van der Waals surface area (Å²) in [5.41, 5.74) is 0. The molecular formula is C17H36N2O. The second-order valence-electron chi connectivity index (χ2n) is 6.14. The van der Waals surface area contributed by atoms with Crippen LogP contribution in [0, 0.1) is 5.92 Å². The number of hydrogen-bond donors (Lipinski definition) is 0. The third kappa shape index (κ3) is 6.55. The van der Waals surface area contributed by atoms with Crippen molar-refractivity contribution in [3.05, 3.63) is 0 Å². The first-order valence-electron chi connectivity index (χ1n) is 8.80. The van der Waals surface area contributed by atoms with Gasteiger partial charge in [-0.15, -0.1) is 0 Å². The van der Waals surface area contributed by atoms with E-state index in [4.69, 9.17) is 4.74 Å². The molecule has 0 aromatic heterocycles. The summed E-state index contributed by atoms with van der Waals surface area (Å²) in [6.45, 7) is 13.5. The lowest BCUT2D eigenvalue weighted by molar-refractivity contribution is -0.0452. The molecule has 0 saturated carbocycles. The molecule has 3 heteroatoms. The van der Waals surface area contributed by atoms with Gasteiger partial charge in [-0.1, -0.05) is 20.8 Å². The zero-order valence-corrected chi connectivity index (χ0v) is 14.2. The van der Waals surface area contributed by atoms with E-state index in [-0.39, 0.29) is 0 Å². The maximum absolute atomic E-state index is 5.85. The summed E-state index contributed by atoms with van der Waals surface area (Å²) in [5.74, 6) is 0.964. The van der Waals surface area contributed by atoms with Crippen LogP contribution in [0.15, 0.2) is 0 Å². The number of ether oxygens (including phenoxy) is 1. The molecule has 2 heterocycles. The number of likely N-dealkylation sites (tertiary alicyclic amines) is 2. The molecule has 2 aliphatic heterocycles. The molecule has 3 nitrogen and oxygen atoms in total. The van der Waals surface area contributed by atoms with Gasteiger partial charge in [0.05, 0.1) is 6.10 Å². The van der Waals surface area contributed by atoms with Crippen molar-refractivity contribution in [3.63, 3.8) is 0 Å². The first kappa shape index (κ1) is 17.9. The second-order valence-corrected chi connectivity index (χ2v) is 6.14. The summed E-state index contributed by atoms with van der Waals surface area (Å²) in [6.07, 6.45) is 7.29. The third-order valence-corrected chi connectivity index (χ3v) is 4.39. The van der Waals surface area contributed by atoms with E-state index >= 15 is 0 Å². The van der Waals surface area contributed by atoms with E-state index in [9.17, 15) is 0 Å². The Kier molecular flexibility index (Phi) is 9.49. The van der Waals surface area contributed by atoms with Gasteiger partial charge in [0.2, 0.25) is 0 Å². The monoisotopic (exact) mass is 284 g/mol. The van der Waals surface area contributed by atoms with Crippen molar-refractivity contribution in [2.45, 2.75) is 59.0 Å². The topological polar surface area (TPSA) is 15.7 Å². The van der Waals surface area contributed by atoms with Crippen LogP contribution < -0.4 is 0 Å². The van der Waals surface area contributed by atoms with E-state index in [1.165, 1.54) is 51.7 Å². The van der Waals surface area contributed by atoms with Crippen LogP contribution in [-0.4, -0.2) is 62.3 Å². The predicted molar refractivity (Wildman–Crippen MR) is 87.3 cm³/mol. The molecule has 0 atom stereocenters. The van der Waals surface area contributed by atoms with Gasteiger partial charge in [-0.25, -0.2) is 0 Å². The molecular weight excluding hydrogens is 248 g/mol. The summed E-state index contributed by atoms with van der Waals surface area (Å²) in [6, 6.07) is 0. The van der Waals surface area contributed by atoms with E-state index < -0.39 is 0 Å². The normalized spacial score (nSPS) is 22.2. The molecule has 0 unspecified atom stereocenters. The standard InChI is InChI=1S/C15H30N2O.C2H6/c1-3-8-17-9-6-14(7-10-17)5-4-11-18-15-12-16(2)13-15;1-2/h14-15H,3-13H2,1-2H3;1-2H3. The zero-order chi connectivity index (χ0) is 14.8. The van der Waals surface area contributed by atoms with Crippen molar-refractivity contribution < 1.29 is 4.74 Å². The number of nitrogens with zero attached hydrogens (tertiary/aromatic N) is 2. The Morgan fingerprint density at radius 1 is 1.10 bits per heavy atom. The maximum atomic E-state index is 5.85. The minimum Gasteiger partial charge on any atom is -0.376 e. The van der Waals surface area contributed by atoms with Crippen molar-refractivity contribution >= 4 is 0 Å². The van der Waals surface area contributed by atoms with Crippen molar-refractivity contribution in [2.75, 3.05) is 46.4 Å². The quantitative estimate of drug-likeness (QED) is 0.668. The molecule has 0 aromatic rings. The molecule has 2 rings (SSSR count). The third-order valence-electron chi connectivity index (χ3n) is 4.39. The van der Waals surface area contributed by atoms with Crippen LogP contribution in [0.1, 0.15) is 52.9 Å². The average molecular weight is 284 g/mol. The van der Waals surface area contributed by atoms with Crippen molar-refractivity contribution in [1.29, 1.82) is 0 Å². The molecule has 0 aromatic carbocycles. The van der Waals surface area contributed by atoms with Crippen LogP contribution in [0.3, 0.4) is 0 Å². The first-order chi connectivity index (χ1) is 9.78. The highest BCUT2D eigenvalue weighted by Crippen LogP contribution is 2.22. The van der Waals surface area contributed by atoms with Gasteiger partial charge in [0, 0.05) is 19.7 Å². The fourth-order valence-electron chi connectivity index (χ4n) is 3.18. The lowest BCUT2D eigenvalue weighted by Gasteiger charge is -2.36. The summed E-state index contributed by atoms with van der Waals surface area (Å²) in [7, 11) is 2.16. The largest absolute Gasteiger partial charge is 0.376 e. The van der Waals surface area contributed by atoms with Crippen LogP contribution in [0.5, 0.6) is 0 Å². The summed E-state index contributed by atoms with van der Waals surface area (Å²) in [5, 5.41) is 0. The Hall–Kier alpha value is -0.120. The lowest BCUT2D eigenvalue weighted by atomic mass is 9.92. The summed E-state index contributed by atoms with van der Waals surface area (Å²) < 4.78 is 5.85. The van der Waals surface area contributed by atoms with Gasteiger partial charge in [0.15, 0.2) is 0 Å². The van der Waals surface area contributed by atoms with Crippen molar-refractivity contribution in [1.82, 2.24) is 9.80 Å². The minimum absolute atomic E-state index is 0.529. The fourth-order valence-corrected chi connectivity index (χ4v) is 3.18. The molecule has 0 radical (unpaired) electrons. The molecule has 0 amide bonds. The van der Waals surface area contributed by atoms with Crippen LogP contribution in [0.2, 0.25) is 0 Å². The van der Waals surface area contributed by atoms with Crippen molar-refractivity contribution in [3.8, 4) is 0 Å². The first-order valence-corrected chi connectivity index (χ1v) is 8.80. The highest BCUT2D eigenvalue weighted by molar-refractivity contribution is 4.77. The molecule has 2 saturated heterocycles. The molecule has 0 N–H and O–H groups in total. The van der Waals surface area contributed by atoms with Crippen molar-refractivity contribution in [2.24, 2.45) is 5.92 Å².